The first-order chi connectivity index (χ1) is 19.7. The van der Waals surface area contributed by atoms with Gasteiger partial charge in [-0.25, -0.2) is 0 Å². The van der Waals surface area contributed by atoms with Crippen LogP contribution in [-0.4, -0.2) is 10.1 Å². The van der Waals surface area contributed by atoms with E-state index < -0.39 is 0 Å². The molecule has 6 aromatic carbocycles. The summed E-state index contributed by atoms with van der Waals surface area (Å²) in [7, 11) is 0. The first kappa shape index (κ1) is 27.0. The van der Waals surface area contributed by atoms with Crippen LogP contribution in [0.15, 0.2) is 126 Å². The van der Waals surface area contributed by atoms with Crippen molar-refractivity contribution in [3.63, 3.8) is 0 Å². The maximum atomic E-state index is 12.3. The Morgan fingerprint density at radius 1 is 0.512 bits per heavy atom. The van der Waals surface area contributed by atoms with Crippen LogP contribution in [-0.2, 0) is 12.6 Å². The van der Waals surface area contributed by atoms with Crippen molar-refractivity contribution in [3.8, 4) is 26.9 Å². The number of rotatable bonds is 2. The van der Waals surface area contributed by atoms with Crippen molar-refractivity contribution in [1.82, 2.24) is 0 Å². The Labute approximate surface area is 254 Å². The number of hydrogen-bond acceptors (Lipinski definition) is 4. The van der Waals surface area contributed by atoms with Crippen LogP contribution in [0.5, 0.6) is 5.75 Å². The van der Waals surface area contributed by atoms with Crippen molar-refractivity contribution in [2.24, 2.45) is 0 Å². The van der Waals surface area contributed by atoms with Crippen molar-refractivity contribution in [3.05, 3.63) is 121 Å². The molecule has 8 rings (SSSR count). The van der Waals surface area contributed by atoms with E-state index in [0.717, 1.165) is 52.5 Å². The van der Waals surface area contributed by atoms with E-state index in [1.807, 2.05) is 60.7 Å². The van der Waals surface area contributed by atoms with Crippen LogP contribution < -0.4 is 15.1 Å². The van der Waals surface area contributed by atoms with Gasteiger partial charge in [-0.1, -0.05) is 125 Å². The minimum absolute atomic E-state index is 0. The van der Waals surface area contributed by atoms with Gasteiger partial charge in [-0.15, -0.1) is 0 Å². The Hall–Kier alpha value is -4.19. The molecule has 0 aliphatic rings. The van der Waals surface area contributed by atoms with Crippen LogP contribution in [0.1, 0.15) is 0 Å². The van der Waals surface area contributed by atoms with E-state index in [4.69, 9.17) is 12.6 Å². The van der Waals surface area contributed by atoms with Crippen LogP contribution in [0.3, 0.4) is 0 Å². The third kappa shape index (κ3) is 5.07. The maximum Gasteiger partial charge on any atom is 2.00 e. The molecule has 0 atom stereocenters. The van der Waals surface area contributed by atoms with E-state index in [2.05, 4.69) is 64.6 Å². The number of aromatic amines is 2. The molecule has 0 saturated carbocycles. The fraction of sp³-hybridized carbons (Fsp3) is 0. The average molecular weight is 580 g/mol. The summed E-state index contributed by atoms with van der Waals surface area (Å²) in [5.41, 5.74) is 4.14. The van der Waals surface area contributed by atoms with Crippen LogP contribution >= 0.6 is 22.7 Å². The molecule has 0 aliphatic carbocycles. The van der Waals surface area contributed by atoms with E-state index in [0.29, 0.717) is 0 Å². The van der Waals surface area contributed by atoms with Gasteiger partial charge in [0.25, 0.3) is 10.0 Å². The molecule has 0 spiro atoms. The first-order valence-electron chi connectivity index (χ1n) is 12.9. The second-order valence-corrected chi connectivity index (χ2v) is 12.0. The second kappa shape index (κ2) is 11.4. The molecule has 0 fully saturated rings. The molecule has 0 saturated heterocycles. The molecule has 0 aliphatic heterocycles. The van der Waals surface area contributed by atoms with Crippen molar-refractivity contribution in [2.75, 3.05) is 0 Å². The molecule has 2 aromatic heterocycles. The van der Waals surface area contributed by atoms with E-state index in [1.54, 1.807) is 28.7 Å². The van der Waals surface area contributed by atoms with E-state index >= 15 is 0 Å². The van der Waals surface area contributed by atoms with E-state index in [1.165, 1.54) is 15.5 Å². The van der Waals surface area contributed by atoms with Crippen molar-refractivity contribution >= 4 is 87.4 Å². The van der Waals surface area contributed by atoms with Gasteiger partial charge >= 0.3 is 10.1 Å². The van der Waals surface area contributed by atoms with Gasteiger partial charge in [-0.2, -0.15) is 14.9 Å². The van der Waals surface area contributed by atoms with Crippen LogP contribution in [0.4, 0.5) is 0 Å². The standard InChI is InChI=1S/C17H11NOS.C17H11NS2.Be/c2*19-14-10-9-11-5-1-2-6-12(11)16(14)17-18-13-7-3-4-8-15(13)20-17;/h2*1-10,19H;/q;;+2. The van der Waals surface area contributed by atoms with Gasteiger partial charge in [0.1, 0.15) is 9.40 Å². The number of nitrogens with one attached hydrogen (secondary N) is 2. The van der Waals surface area contributed by atoms with Gasteiger partial charge in [0.15, 0.2) is 0 Å². The van der Waals surface area contributed by atoms with Crippen molar-refractivity contribution in [2.45, 2.75) is 4.90 Å². The van der Waals surface area contributed by atoms with Crippen molar-refractivity contribution in [1.29, 1.82) is 0 Å². The normalized spacial score (nSPS) is 10.9. The molecule has 0 unspecified atom stereocenters. The van der Waals surface area contributed by atoms with Crippen molar-refractivity contribution < 1.29 is 15.1 Å². The summed E-state index contributed by atoms with van der Waals surface area (Å²) in [6.07, 6.45) is 0. The SMILES string of the molecule is [Be+2].[O-]c1ccc2ccccc2c1-c1[nH+]c2ccccc2s1.[S-]c1ccc2ccccc2c1-c1[nH+]c2ccccc2s1. The number of fused-ring (bicyclic) bond motifs is 4. The summed E-state index contributed by atoms with van der Waals surface area (Å²) in [6, 6.07) is 40.5. The van der Waals surface area contributed by atoms with Gasteiger partial charge in [-0.05, 0) is 33.7 Å². The Kier molecular flexibility index (Phi) is 7.48. The minimum Gasteiger partial charge on any atom is -0.872 e. The molecule has 7 heteroatoms. The number of para-hydroxylation sites is 2. The second-order valence-electron chi connectivity index (χ2n) is 9.42. The van der Waals surface area contributed by atoms with Gasteiger partial charge < -0.3 is 17.7 Å². The summed E-state index contributed by atoms with van der Waals surface area (Å²) in [4.78, 5) is 7.75. The van der Waals surface area contributed by atoms with Gasteiger partial charge in [0.2, 0.25) is 11.0 Å². The molecule has 0 bridgehead atoms. The number of thiazole rings is 2. The monoisotopic (exact) mass is 579 g/mol. The molecule has 3 nitrogen and oxygen atoms in total. The Morgan fingerprint density at radius 3 is 1.56 bits per heavy atom. The van der Waals surface area contributed by atoms with E-state index in [-0.39, 0.29) is 15.9 Å². The fourth-order valence-corrected chi connectivity index (χ4v) is 7.52. The molecule has 41 heavy (non-hydrogen) atoms. The number of benzene rings is 6. The maximum absolute atomic E-state index is 12.3. The molecular formula is C34H22BeN2OS3+2. The molecule has 192 valence electrons. The molecule has 2 heterocycles. The first-order valence-corrected chi connectivity index (χ1v) is 14.9. The topological polar surface area (TPSA) is 51.3 Å². The smallest absolute Gasteiger partial charge is 0.872 e. The van der Waals surface area contributed by atoms with Gasteiger partial charge in [-0.3, -0.25) is 0 Å². The summed E-state index contributed by atoms with van der Waals surface area (Å²) >= 11 is 8.93. The zero-order chi connectivity index (χ0) is 27.1. The summed E-state index contributed by atoms with van der Waals surface area (Å²) < 4.78 is 2.42. The molecular weight excluding hydrogens is 558 g/mol. The molecule has 2 N–H and O–H groups in total. The zero-order valence-electron chi connectivity index (χ0n) is 21.9. The third-order valence-electron chi connectivity index (χ3n) is 6.93. The molecule has 0 radical (unpaired) electrons. The zero-order valence-corrected chi connectivity index (χ0v) is 24.3. The van der Waals surface area contributed by atoms with Crippen LogP contribution in [0.25, 0.3) is 63.1 Å². The number of aromatic nitrogens is 2. The van der Waals surface area contributed by atoms with E-state index in [9.17, 15) is 5.11 Å². The quantitative estimate of drug-likeness (QED) is 0.156. The largest absolute Gasteiger partial charge is 2.00 e. The summed E-state index contributed by atoms with van der Waals surface area (Å²) in [5.74, 6) is 0.0616. The molecule has 8 aromatic rings. The van der Waals surface area contributed by atoms with Crippen LogP contribution in [0, 0.1) is 0 Å². The predicted octanol–water partition coefficient (Wildman–Crippen LogP) is 7.67. The average Bonchev–Trinajstić information content (AvgIpc) is 3.61. The van der Waals surface area contributed by atoms with Crippen LogP contribution in [0.2, 0.25) is 0 Å². The summed E-state index contributed by atoms with van der Waals surface area (Å²) in [5, 5.41) is 18.9. The van der Waals surface area contributed by atoms with Gasteiger partial charge in [0, 0.05) is 17.7 Å². The number of H-pyrrole nitrogens is 2. The molecule has 0 amide bonds. The Bertz CT molecular complexity index is 1950. The Balaban J connectivity index is 0.000000144. The predicted molar refractivity (Wildman–Crippen MR) is 173 cm³/mol. The van der Waals surface area contributed by atoms with Gasteiger partial charge in [0.05, 0.1) is 5.56 Å². The Morgan fingerprint density at radius 2 is 0.976 bits per heavy atom. The third-order valence-corrected chi connectivity index (χ3v) is 9.44. The fourth-order valence-electron chi connectivity index (χ4n) is 5.03. The summed E-state index contributed by atoms with van der Waals surface area (Å²) in [6.45, 7) is 0. The minimum atomic E-state index is 0. The number of hydrogen-bond donors (Lipinski definition) is 0.